The quantitative estimate of drug-likeness (QED) is 0.0406. The van der Waals surface area contributed by atoms with E-state index in [-0.39, 0.29) is 30.6 Å². The summed E-state index contributed by atoms with van der Waals surface area (Å²) in [6, 6.07) is -4.81. The van der Waals surface area contributed by atoms with Gasteiger partial charge >= 0.3 is 17.9 Å². The molecule has 1 fully saturated rings. The molecular weight excluding hydrogens is 921 g/mol. The zero-order valence-corrected chi connectivity index (χ0v) is 39.6. The molecule has 1 aliphatic rings. The van der Waals surface area contributed by atoms with Gasteiger partial charge in [0, 0.05) is 32.4 Å². The van der Waals surface area contributed by atoms with E-state index in [0.717, 1.165) is 11.8 Å². The Morgan fingerprint density at radius 1 is 0.706 bits per heavy atom. The van der Waals surface area contributed by atoms with Gasteiger partial charge in [-0.15, -0.1) is 0 Å². The second-order valence-corrected chi connectivity index (χ2v) is 18.4. The number of methoxy groups -OCH3 is 1. The van der Waals surface area contributed by atoms with E-state index in [1.54, 1.807) is 20.8 Å². The van der Waals surface area contributed by atoms with E-state index in [1.807, 2.05) is 5.32 Å². The summed E-state index contributed by atoms with van der Waals surface area (Å²) in [4.78, 5) is 142. The number of ether oxygens (including phenoxy) is 1. The van der Waals surface area contributed by atoms with E-state index >= 15 is 0 Å². The summed E-state index contributed by atoms with van der Waals surface area (Å²) in [7, 11) is -2.92. The number of carboxylic acids is 3. The third-order valence-electron chi connectivity index (χ3n) is 10.5. The van der Waals surface area contributed by atoms with Gasteiger partial charge in [-0.05, 0) is 61.8 Å². The number of carbonyl (C=O) groups is 11. The molecule has 25 nitrogen and oxygen atoms in total. The Morgan fingerprint density at radius 3 is 1.72 bits per heavy atom. The summed E-state index contributed by atoms with van der Waals surface area (Å²) in [5.74, 6) is -13.3. The predicted molar refractivity (Wildman–Crippen MR) is 237 cm³/mol. The van der Waals surface area contributed by atoms with Gasteiger partial charge in [-0.1, -0.05) is 41.0 Å². The average molecular weight is 983 g/mol. The first-order chi connectivity index (χ1) is 31.7. The number of nitrogens with one attached hydrogen (secondary N) is 7. The molecule has 0 unspecified atom stereocenters. The van der Waals surface area contributed by atoms with Crippen molar-refractivity contribution in [1.82, 2.24) is 41.5 Å². The SMILES string of the molecule is CCC[C@H](NC(=O)[C@@H]1C[C@@H](NS(=O)(=O)c2ccc(OC)cc2)CN1C(=O)[C@@H](NC(=O)[C@@H](NC(=O)[C@H](CCC(=O)O)NC(=O)[C@H](CCC(=O)O)NC(C)=O)C(C)C)C(C)C)C(=O)C(=O)NCC(=O)O. The van der Waals surface area contributed by atoms with Crippen molar-refractivity contribution < 1.29 is 81.2 Å². The molecule has 7 amide bonds. The molecule has 26 heteroatoms. The van der Waals surface area contributed by atoms with Crippen LogP contribution in [-0.2, 0) is 62.8 Å². The van der Waals surface area contributed by atoms with E-state index < -0.39 is 162 Å². The Bertz CT molecular complexity index is 2150. The van der Waals surface area contributed by atoms with Crippen LogP contribution >= 0.6 is 0 Å². The number of amides is 7. The second-order valence-electron chi connectivity index (χ2n) is 16.7. The summed E-state index contributed by atoms with van der Waals surface area (Å²) in [6.45, 7) is 7.51. The molecule has 1 aliphatic heterocycles. The van der Waals surface area contributed by atoms with Crippen molar-refractivity contribution >= 4 is 75.1 Å². The average Bonchev–Trinajstić information content (AvgIpc) is 3.68. The molecule has 7 atom stereocenters. The van der Waals surface area contributed by atoms with Crippen molar-refractivity contribution in [1.29, 1.82) is 0 Å². The highest BCUT2D eigenvalue weighted by molar-refractivity contribution is 7.89. The Balaban J connectivity index is 2.51. The topological polar surface area (TPSA) is 379 Å². The first-order valence-corrected chi connectivity index (χ1v) is 23.1. The number of aliphatic carboxylic acids is 3. The summed E-state index contributed by atoms with van der Waals surface area (Å²) in [6.07, 6.45) is -2.27. The highest BCUT2D eigenvalue weighted by atomic mass is 32.2. The largest absolute Gasteiger partial charge is 0.497 e. The molecule has 0 aliphatic carbocycles. The van der Waals surface area contributed by atoms with Gasteiger partial charge in [0.2, 0.25) is 51.2 Å². The molecule has 1 aromatic carbocycles. The Kier molecular flexibility index (Phi) is 22.5. The number of ketones is 1. The number of rotatable bonds is 28. The maximum absolute atomic E-state index is 14.6. The molecule has 1 aromatic rings. The standard InChI is InChI=1S/C42H62N8O17S/c1-8-9-27(36(58)41(63)43-19-33(56)57)45-39(61)30-18-24(49-68(65,66)26-12-10-25(67-7)11-13-26)20-50(30)42(64)35(22(4)5)48-40(62)34(21(2)3)47-38(60)29(15-17-32(54)55)46-37(59)28(44-23(6)51)14-16-31(52)53/h10-13,21-22,24,27-30,34-35,49H,8-9,14-20H2,1-7H3,(H,43,63)(H,44,51)(H,45,61)(H,46,59)(H,47,60)(H,48,62)(H,52,53)(H,54,55)(H,56,57)/t24-,27+,28+,29+,30+,34+,35+/m1/s1. The van der Waals surface area contributed by atoms with Crippen LogP contribution in [0, 0.1) is 11.8 Å². The maximum Gasteiger partial charge on any atom is 0.322 e. The van der Waals surface area contributed by atoms with Crippen LogP contribution in [-0.4, -0.2) is 156 Å². The zero-order valence-electron chi connectivity index (χ0n) is 38.8. The van der Waals surface area contributed by atoms with Crippen LogP contribution in [0.1, 0.15) is 86.5 Å². The molecule has 68 heavy (non-hydrogen) atoms. The molecular formula is C42H62N8O17S. The van der Waals surface area contributed by atoms with Gasteiger partial charge < -0.3 is 56.9 Å². The number of Topliss-reactive ketones (excluding diaryl/α,β-unsaturated/α-hetero) is 1. The van der Waals surface area contributed by atoms with Crippen molar-refractivity contribution in [2.75, 3.05) is 20.2 Å². The van der Waals surface area contributed by atoms with Crippen molar-refractivity contribution in [2.45, 2.75) is 134 Å². The number of nitrogens with zero attached hydrogens (tertiary/aromatic N) is 1. The van der Waals surface area contributed by atoms with Crippen molar-refractivity contribution in [2.24, 2.45) is 11.8 Å². The van der Waals surface area contributed by atoms with Crippen LogP contribution in [0.25, 0.3) is 0 Å². The van der Waals surface area contributed by atoms with Crippen LogP contribution in [0.15, 0.2) is 29.2 Å². The molecule has 10 N–H and O–H groups in total. The second kappa shape index (κ2) is 26.6. The molecule has 0 radical (unpaired) electrons. The van der Waals surface area contributed by atoms with Crippen molar-refractivity contribution in [3.8, 4) is 5.75 Å². The van der Waals surface area contributed by atoms with Crippen LogP contribution in [0.4, 0.5) is 0 Å². The van der Waals surface area contributed by atoms with Gasteiger partial charge in [0.15, 0.2) is 0 Å². The number of benzene rings is 1. The highest BCUT2D eigenvalue weighted by Gasteiger charge is 2.45. The minimum absolute atomic E-state index is 0.0896. The van der Waals surface area contributed by atoms with Gasteiger partial charge in [-0.2, -0.15) is 0 Å². The van der Waals surface area contributed by atoms with E-state index in [9.17, 15) is 66.3 Å². The van der Waals surface area contributed by atoms with Crippen molar-refractivity contribution in [3.05, 3.63) is 24.3 Å². The third kappa shape index (κ3) is 17.8. The lowest BCUT2D eigenvalue weighted by molar-refractivity contribution is -0.145. The smallest absolute Gasteiger partial charge is 0.322 e. The molecule has 2 rings (SSSR count). The molecule has 0 bridgehead atoms. The fourth-order valence-electron chi connectivity index (χ4n) is 7.00. The minimum atomic E-state index is -4.31. The lowest BCUT2D eigenvalue weighted by atomic mass is 9.98. The Hall–Kier alpha value is -6.70. The van der Waals surface area contributed by atoms with Gasteiger partial charge in [-0.3, -0.25) is 52.7 Å². The summed E-state index contributed by atoms with van der Waals surface area (Å²) < 4.78 is 34.6. The number of carboxylic acid groups (broad SMARTS) is 3. The van der Waals surface area contributed by atoms with Crippen LogP contribution in [0.2, 0.25) is 0 Å². The van der Waals surface area contributed by atoms with E-state index in [2.05, 4.69) is 31.3 Å². The number of sulfonamides is 1. The van der Waals surface area contributed by atoms with Gasteiger partial charge in [0.05, 0.1) is 18.0 Å². The van der Waals surface area contributed by atoms with Gasteiger partial charge in [0.25, 0.3) is 5.91 Å². The Labute approximate surface area is 392 Å². The number of carbonyl (C=O) groups excluding carboxylic acids is 8. The number of likely N-dealkylation sites (tertiary alicyclic amines) is 1. The first kappa shape index (κ1) is 57.4. The molecule has 0 spiro atoms. The summed E-state index contributed by atoms with van der Waals surface area (Å²) in [5, 5.41) is 41.5. The highest BCUT2D eigenvalue weighted by Crippen LogP contribution is 2.25. The fourth-order valence-corrected chi connectivity index (χ4v) is 8.24. The number of hydrogen-bond donors (Lipinski definition) is 10. The fraction of sp³-hybridized carbons (Fsp3) is 0.595. The molecule has 1 heterocycles. The lowest BCUT2D eigenvalue weighted by Gasteiger charge is -2.33. The minimum Gasteiger partial charge on any atom is -0.497 e. The van der Waals surface area contributed by atoms with Crippen LogP contribution < -0.4 is 41.4 Å². The summed E-state index contributed by atoms with van der Waals surface area (Å²) in [5.41, 5.74) is 0. The third-order valence-corrected chi connectivity index (χ3v) is 12.0. The Morgan fingerprint density at radius 2 is 1.24 bits per heavy atom. The predicted octanol–water partition coefficient (Wildman–Crippen LogP) is -2.00. The van der Waals surface area contributed by atoms with Gasteiger partial charge in [0.1, 0.15) is 42.5 Å². The summed E-state index contributed by atoms with van der Waals surface area (Å²) >= 11 is 0. The zero-order chi connectivity index (χ0) is 51.6. The molecule has 0 saturated carbocycles. The normalized spacial score (nSPS) is 16.8. The number of hydrogen-bond acceptors (Lipinski definition) is 14. The lowest BCUT2D eigenvalue weighted by Crippen LogP contribution is -2.61. The monoisotopic (exact) mass is 982 g/mol. The van der Waals surface area contributed by atoms with Crippen LogP contribution in [0.5, 0.6) is 5.75 Å². The molecule has 0 aromatic heterocycles. The first-order valence-electron chi connectivity index (χ1n) is 21.7. The van der Waals surface area contributed by atoms with E-state index in [0.29, 0.717) is 5.75 Å². The molecule has 1 saturated heterocycles. The van der Waals surface area contributed by atoms with E-state index in [1.165, 1.54) is 45.2 Å². The maximum atomic E-state index is 14.6. The van der Waals surface area contributed by atoms with Crippen LogP contribution in [0.3, 0.4) is 0 Å². The van der Waals surface area contributed by atoms with E-state index in [4.69, 9.17) is 14.9 Å². The molecule has 378 valence electrons. The van der Waals surface area contributed by atoms with Crippen molar-refractivity contribution in [3.63, 3.8) is 0 Å². The van der Waals surface area contributed by atoms with Gasteiger partial charge in [-0.25, -0.2) is 13.1 Å².